The highest BCUT2D eigenvalue weighted by Crippen LogP contribution is 2.45. The van der Waals surface area contributed by atoms with E-state index in [1.807, 2.05) is 0 Å². The maximum atomic E-state index is 2.42. The molecule has 11 aromatic carbocycles. The number of aromatic nitrogens is 2. The molecule has 0 N–H and O–H groups in total. The maximum Gasteiger partial charge on any atom is 0.0541 e. The van der Waals surface area contributed by atoms with E-state index < -0.39 is 0 Å². The van der Waals surface area contributed by atoms with Gasteiger partial charge in [0.15, 0.2) is 0 Å². The second kappa shape index (κ2) is 13.7. The molecule has 13 rings (SSSR count). The highest BCUT2D eigenvalue weighted by Gasteiger charge is 2.19. The Morgan fingerprint density at radius 2 is 0.597 bits per heavy atom. The minimum Gasteiger partial charge on any atom is -0.309 e. The SMILES string of the molecule is c1ccc(-n2c3ccccc3c3cc(-c4ccc5c(c4)c4ccccc4n5-c4ccc(-c5c6ccccc6c(-c6ccc7ccccc7c6)c6ccccc56)cc4)ccc32)cc1. The van der Waals surface area contributed by atoms with Gasteiger partial charge in [0.1, 0.15) is 0 Å². The second-order valence-corrected chi connectivity index (χ2v) is 16.5. The van der Waals surface area contributed by atoms with E-state index in [-0.39, 0.29) is 0 Å². The van der Waals surface area contributed by atoms with E-state index in [9.17, 15) is 0 Å². The van der Waals surface area contributed by atoms with Crippen LogP contribution in [0.3, 0.4) is 0 Å². The van der Waals surface area contributed by atoms with E-state index in [2.05, 4.69) is 240 Å². The molecular weight excluding hydrogens is 749 g/mol. The molecule has 0 aliphatic carbocycles. The van der Waals surface area contributed by atoms with Crippen molar-refractivity contribution in [3.63, 3.8) is 0 Å². The second-order valence-electron chi connectivity index (χ2n) is 16.5. The van der Waals surface area contributed by atoms with Crippen molar-refractivity contribution >= 4 is 75.9 Å². The molecule has 0 aliphatic heterocycles. The third-order valence-electron chi connectivity index (χ3n) is 13.1. The Morgan fingerprint density at radius 3 is 1.15 bits per heavy atom. The third kappa shape index (κ3) is 5.23. The van der Waals surface area contributed by atoms with Gasteiger partial charge in [0, 0.05) is 32.9 Å². The zero-order valence-electron chi connectivity index (χ0n) is 33.8. The van der Waals surface area contributed by atoms with Gasteiger partial charge in [-0.05, 0) is 132 Å². The van der Waals surface area contributed by atoms with Crippen molar-refractivity contribution in [1.29, 1.82) is 0 Å². The van der Waals surface area contributed by atoms with Crippen molar-refractivity contribution in [2.75, 3.05) is 0 Å². The monoisotopic (exact) mass is 786 g/mol. The fourth-order valence-corrected chi connectivity index (χ4v) is 10.3. The molecule has 0 spiro atoms. The molecule has 0 aliphatic rings. The van der Waals surface area contributed by atoms with Crippen LogP contribution in [0.1, 0.15) is 0 Å². The molecule has 288 valence electrons. The van der Waals surface area contributed by atoms with Crippen LogP contribution in [0.4, 0.5) is 0 Å². The molecule has 13 aromatic rings. The van der Waals surface area contributed by atoms with Crippen molar-refractivity contribution in [3.05, 3.63) is 231 Å². The van der Waals surface area contributed by atoms with Gasteiger partial charge in [0.2, 0.25) is 0 Å². The molecule has 0 amide bonds. The Bertz CT molecular complexity index is 3850. The van der Waals surface area contributed by atoms with Crippen LogP contribution in [0.2, 0.25) is 0 Å². The largest absolute Gasteiger partial charge is 0.309 e. The van der Waals surface area contributed by atoms with Crippen LogP contribution in [-0.4, -0.2) is 9.13 Å². The molecule has 0 atom stereocenters. The first-order valence-electron chi connectivity index (χ1n) is 21.4. The smallest absolute Gasteiger partial charge is 0.0541 e. The minimum absolute atomic E-state index is 1.14. The molecule has 0 bridgehead atoms. The lowest BCUT2D eigenvalue weighted by atomic mass is 9.85. The van der Waals surface area contributed by atoms with Crippen molar-refractivity contribution < 1.29 is 0 Å². The number of hydrogen-bond acceptors (Lipinski definition) is 0. The number of nitrogens with zero attached hydrogens (tertiary/aromatic N) is 2. The predicted octanol–water partition coefficient (Wildman–Crippen LogP) is 16.3. The molecule has 2 aromatic heterocycles. The van der Waals surface area contributed by atoms with Gasteiger partial charge < -0.3 is 9.13 Å². The van der Waals surface area contributed by atoms with Crippen molar-refractivity contribution in [2.45, 2.75) is 0 Å². The van der Waals surface area contributed by atoms with Crippen LogP contribution in [0.15, 0.2) is 231 Å². The average molecular weight is 787 g/mol. The van der Waals surface area contributed by atoms with E-state index >= 15 is 0 Å². The van der Waals surface area contributed by atoms with Crippen molar-refractivity contribution in [3.8, 4) is 44.8 Å². The summed E-state index contributed by atoms with van der Waals surface area (Å²) >= 11 is 0. The molecule has 62 heavy (non-hydrogen) atoms. The summed E-state index contributed by atoms with van der Waals surface area (Å²) in [5.41, 5.74) is 14.6. The van der Waals surface area contributed by atoms with Crippen LogP contribution in [-0.2, 0) is 0 Å². The summed E-state index contributed by atoms with van der Waals surface area (Å²) in [6.45, 7) is 0. The lowest BCUT2D eigenvalue weighted by Gasteiger charge is -2.18. The summed E-state index contributed by atoms with van der Waals surface area (Å²) < 4.78 is 4.80. The quantitative estimate of drug-likeness (QED) is 0.154. The molecule has 0 radical (unpaired) electrons. The molecule has 0 saturated heterocycles. The Labute approximate surface area is 358 Å². The first-order valence-corrected chi connectivity index (χ1v) is 21.4. The Balaban J connectivity index is 0.937. The van der Waals surface area contributed by atoms with E-state index in [1.54, 1.807) is 0 Å². The van der Waals surface area contributed by atoms with Gasteiger partial charge in [-0.2, -0.15) is 0 Å². The van der Waals surface area contributed by atoms with Gasteiger partial charge in [0.05, 0.1) is 22.1 Å². The van der Waals surface area contributed by atoms with E-state index in [0.717, 1.165) is 5.69 Å². The fourth-order valence-electron chi connectivity index (χ4n) is 10.3. The summed E-state index contributed by atoms with van der Waals surface area (Å²) in [4.78, 5) is 0. The summed E-state index contributed by atoms with van der Waals surface area (Å²) in [6, 6.07) is 84.7. The maximum absolute atomic E-state index is 2.42. The van der Waals surface area contributed by atoms with Crippen molar-refractivity contribution in [2.24, 2.45) is 0 Å². The van der Waals surface area contributed by atoms with Crippen LogP contribution in [0, 0.1) is 0 Å². The number of rotatable bonds is 5. The van der Waals surface area contributed by atoms with Gasteiger partial charge in [-0.15, -0.1) is 0 Å². The van der Waals surface area contributed by atoms with Crippen LogP contribution < -0.4 is 0 Å². The average Bonchev–Trinajstić information content (AvgIpc) is 3.85. The number of benzene rings is 11. The standard InChI is InChI=1S/C60H38N2/c1-2-16-45(17-3-1)61-55-24-12-10-18-47(55)53-37-42(30-34-57(53)61)43-31-35-58-54(38-43)48-19-11-13-25-56(48)62(58)46-32-28-40(29-33-46)59-49-20-6-8-22-51(49)60(52-23-9-7-21-50(52)59)44-27-26-39-14-4-5-15-41(39)36-44/h1-38H. The van der Waals surface area contributed by atoms with E-state index in [1.165, 1.54) is 115 Å². The van der Waals surface area contributed by atoms with Crippen LogP contribution in [0.25, 0.3) is 121 Å². The van der Waals surface area contributed by atoms with Gasteiger partial charge in [0.25, 0.3) is 0 Å². The zero-order valence-corrected chi connectivity index (χ0v) is 33.8. The normalized spacial score (nSPS) is 11.9. The third-order valence-corrected chi connectivity index (χ3v) is 13.1. The zero-order chi connectivity index (χ0) is 40.7. The van der Waals surface area contributed by atoms with Gasteiger partial charge >= 0.3 is 0 Å². The lowest BCUT2D eigenvalue weighted by molar-refractivity contribution is 1.18. The molecule has 0 fully saturated rings. The van der Waals surface area contributed by atoms with Gasteiger partial charge in [-0.1, -0.05) is 164 Å². The Kier molecular flexibility index (Phi) is 7.64. The van der Waals surface area contributed by atoms with E-state index in [4.69, 9.17) is 0 Å². The molecular formula is C60H38N2. The number of para-hydroxylation sites is 3. The predicted molar refractivity (Wildman–Crippen MR) is 264 cm³/mol. The first kappa shape index (κ1) is 34.6. The molecule has 2 heterocycles. The van der Waals surface area contributed by atoms with Gasteiger partial charge in [-0.3, -0.25) is 0 Å². The Hall–Kier alpha value is -8.20. The number of hydrogen-bond donors (Lipinski definition) is 0. The summed E-state index contributed by atoms with van der Waals surface area (Å²) in [6.07, 6.45) is 0. The van der Waals surface area contributed by atoms with Crippen LogP contribution >= 0.6 is 0 Å². The number of fused-ring (bicyclic) bond motifs is 9. The summed E-state index contributed by atoms with van der Waals surface area (Å²) in [5.74, 6) is 0. The molecule has 0 saturated carbocycles. The molecule has 2 heteroatoms. The highest BCUT2D eigenvalue weighted by molar-refractivity contribution is 6.22. The Morgan fingerprint density at radius 1 is 0.210 bits per heavy atom. The summed E-state index contributed by atoms with van der Waals surface area (Å²) in [5, 5.41) is 12.6. The topological polar surface area (TPSA) is 9.86 Å². The summed E-state index contributed by atoms with van der Waals surface area (Å²) in [7, 11) is 0. The van der Waals surface area contributed by atoms with E-state index in [0.29, 0.717) is 0 Å². The van der Waals surface area contributed by atoms with Gasteiger partial charge in [-0.25, -0.2) is 0 Å². The minimum atomic E-state index is 1.14. The molecule has 0 unspecified atom stereocenters. The highest BCUT2D eigenvalue weighted by atomic mass is 15.0. The molecule has 2 nitrogen and oxygen atoms in total. The lowest BCUT2D eigenvalue weighted by Crippen LogP contribution is -1.95. The van der Waals surface area contributed by atoms with Crippen LogP contribution in [0.5, 0.6) is 0 Å². The van der Waals surface area contributed by atoms with Crippen molar-refractivity contribution in [1.82, 2.24) is 9.13 Å². The first-order chi connectivity index (χ1) is 30.8. The fraction of sp³-hybridized carbons (Fsp3) is 0.